The minimum Gasteiger partial charge on any atom is -0.456 e. The molecule has 0 spiro atoms. The van der Waals surface area contributed by atoms with Crippen molar-refractivity contribution in [3.05, 3.63) is 53.9 Å². The van der Waals surface area contributed by atoms with E-state index < -0.39 is 0 Å². The van der Waals surface area contributed by atoms with Gasteiger partial charge in [-0.05, 0) is 38.2 Å². The van der Waals surface area contributed by atoms with Crippen molar-refractivity contribution in [2.24, 2.45) is 0 Å². The first-order chi connectivity index (χ1) is 8.28. The Bertz CT molecular complexity index is 463. The molecule has 88 valence electrons. The fourth-order valence-corrected chi connectivity index (χ4v) is 1.50. The average Bonchev–Trinajstić information content (AvgIpc) is 2.35. The normalized spacial score (nSPS) is 10.2. The highest BCUT2D eigenvalue weighted by molar-refractivity contribution is 5.31. The Hall–Kier alpha value is -1.87. The lowest BCUT2D eigenvalue weighted by atomic mass is 10.2. The van der Waals surface area contributed by atoms with Gasteiger partial charge in [-0.3, -0.25) is 4.98 Å². The van der Waals surface area contributed by atoms with Gasteiger partial charge in [-0.2, -0.15) is 0 Å². The lowest BCUT2D eigenvalue weighted by Crippen LogP contribution is -2.06. The quantitative estimate of drug-likeness (QED) is 0.873. The second-order valence-electron chi connectivity index (χ2n) is 3.93. The van der Waals surface area contributed by atoms with Crippen LogP contribution in [0.3, 0.4) is 0 Å². The first-order valence-corrected chi connectivity index (χ1v) is 5.62. The van der Waals surface area contributed by atoms with Gasteiger partial charge in [0.15, 0.2) is 0 Å². The third-order valence-electron chi connectivity index (χ3n) is 2.41. The maximum Gasteiger partial charge on any atom is 0.145 e. The molecule has 0 radical (unpaired) electrons. The molecule has 3 nitrogen and oxygen atoms in total. The SMILES string of the molecule is CNCc1ccc(Oc2ccc(C)cc2)cn1. The molecule has 1 aromatic heterocycles. The highest BCUT2D eigenvalue weighted by Gasteiger charge is 1.98. The maximum absolute atomic E-state index is 5.68. The Labute approximate surface area is 101 Å². The summed E-state index contributed by atoms with van der Waals surface area (Å²) in [6.45, 7) is 2.82. The molecule has 0 unspecified atom stereocenters. The van der Waals surface area contributed by atoms with Crippen LogP contribution in [0, 0.1) is 6.92 Å². The number of nitrogens with zero attached hydrogens (tertiary/aromatic N) is 1. The van der Waals surface area contributed by atoms with Crippen molar-refractivity contribution in [1.82, 2.24) is 10.3 Å². The van der Waals surface area contributed by atoms with Crippen LogP contribution in [0.15, 0.2) is 42.6 Å². The van der Waals surface area contributed by atoms with Gasteiger partial charge in [0.05, 0.1) is 11.9 Å². The molecule has 0 aliphatic heterocycles. The van der Waals surface area contributed by atoms with Gasteiger partial charge < -0.3 is 10.1 Å². The number of benzene rings is 1. The molecule has 0 aliphatic rings. The van der Waals surface area contributed by atoms with Crippen molar-refractivity contribution in [1.29, 1.82) is 0 Å². The summed E-state index contributed by atoms with van der Waals surface area (Å²) in [6.07, 6.45) is 1.74. The molecule has 1 aromatic carbocycles. The van der Waals surface area contributed by atoms with Crippen LogP contribution in [-0.2, 0) is 6.54 Å². The molecule has 2 rings (SSSR count). The Balaban J connectivity index is 2.05. The number of aryl methyl sites for hydroxylation is 1. The van der Waals surface area contributed by atoms with E-state index in [-0.39, 0.29) is 0 Å². The number of aromatic nitrogens is 1. The van der Waals surface area contributed by atoms with Crippen LogP contribution in [0.2, 0.25) is 0 Å². The summed E-state index contributed by atoms with van der Waals surface area (Å²) in [4.78, 5) is 4.29. The topological polar surface area (TPSA) is 34.1 Å². The summed E-state index contributed by atoms with van der Waals surface area (Å²) in [5.74, 6) is 1.59. The average molecular weight is 228 g/mol. The molecule has 3 heteroatoms. The first kappa shape index (κ1) is 11.6. The highest BCUT2D eigenvalue weighted by atomic mass is 16.5. The number of pyridine rings is 1. The standard InChI is InChI=1S/C14H16N2O/c1-11-3-6-13(7-4-11)17-14-8-5-12(9-15-2)16-10-14/h3-8,10,15H,9H2,1-2H3. The van der Waals surface area contributed by atoms with Crippen LogP contribution in [0.1, 0.15) is 11.3 Å². The second kappa shape index (κ2) is 5.46. The predicted molar refractivity (Wildman–Crippen MR) is 68.3 cm³/mol. The van der Waals surface area contributed by atoms with Gasteiger partial charge in [-0.1, -0.05) is 17.7 Å². The van der Waals surface area contributed by atoms with E-state index in [1.807, 2.05) is 43.4 Å². The van der Waals surface area contributed by atoms with E-state index in [0.717, 1.165) is 23.7 Å². The molecule has 2 aromatic rings. The minimum absolute atomic E-state index is 0.758. The summed E-state index contributed by atoms with van der Waals surface area (Å²) in [7, 11) is 1.90. The van der Waals surface area contributed by atoms with Gasteiger partial charge in [0.25, 0.3) is 0 Å². The first-order valence-electron chi connectivity index (χ1n) is 5.62. The number of rotatable bonds is 4. The van der Waals surface area contributed by atoms with E-state index in [4.69, 9.17) is 4.74 Å². The van der Waals surface area contributed by atoms with Crippen LogP contribution in [0.5, 0.6) is 11.5 Å². The smallest absolute Gasteiger partial charge is 0.145 e. The Morgan fingerprint density at radius 3 is 2.35 bits per heavy atom. The zero-order chi connectivity index (χ0) is 12.1. The van der Waals surface area contributed by atoms with E-state index in [1.54, 1.807) is 6.20 Å². The maximum atomic E-state index is 5.68. The predicted octanol–water partition coefficient (Wildman–Crippen LogP) is 2.90. The van der Waals surface area contributed by atoms with E-state index in [1.165, 1.54) is 5.56 Å². The molecular formula is C14H16N2O. The van der Waals surface area contributed by atoms with Gasteiger partial charge in [0.1, 0.15) is 11.5 Å². The molecule has 0 saturated carbocycles. The molecule has 0 aliphatic carbocycles. The molecule has 1 heterocycles. The molecule has 0 amide bonds. The summed E-state index contributed by atoms with van der Waals surface area (Å²) >= 11 is 0. The second-order valence-corrected chi connectivity index (χ2v) is 3.93. The number of hydrogen-bond acceptors (Lipinski definition) is 3. The fourth-order valence-electron chi connectivity index (χ4n) is 1.50. The zero-order valence-electron chi connectivity index (χ0n) is 10.1. The molecule has 0 saturated heterocycles. The fraction of sp³-hybridized carbons (Fsp3) is 0.214. The molecule has 0 bridgehead atoms. The van der Waals surface area contributed by atoms with Gasteiger partial charge >= 0.3 is 0 Å². The van der Waals surface area contributed by atoms with Crippen molar-refractivity contribution >= 4 is 0 Å². The van der Waals surface area contributed by atoms with Crippen LogP contribution in [-0.4, -0.2) is 12.0 Å². The van der Waals surface area contributed by atoms with E-state index >= 15 is 0 Å². The van der Waals surface area contributed by atoms with Gasteiger partial charge in [-0.25, -0.2) is 0 Å². The number of hydrogen-bond donors (Lipinski definition) is 1. The van der Waals surface area contributed by atoms with E-state index in [0.29, 0.717) is 0 Å². The number of nitrogens with one attached hydrogen (secondary N) is 1. The summed E-state index contributed by atoms with van der Waals surface area (Å²) in [5, 5.41) is 3.06. The van der Waals surface area contributed by atoms with Gasteiger partial charge in [0.2, 0.25) is 0 Å². The summed E-state index contributed by atoms with van der Waals surface area (Å²) in [6, 6.07) is 11.9. The monoisotopic (exact) mass is 228 g/mol. The van der Waals surface area contributed by atoms with Crippen molar-refractivity contribution in [2.75, 3.05) is 7.05 Å². The minimum atomic E-state index is 0.758. The molecule has 0 atom stereocenters. The van der Waals surface area contributed by atoms with Crippen molar-refractivity contribution in [3.63, 3.8) is 0 Å². The Morgan fingerprint density at radius 2 is 1.76 bits per heavy atom. The van der Waals surface area contributed by atoms with E-state index in [9.17, 15) is 0 Å². The highest BCUT2D eigenvalue weighted by Crippen LogP contribution is 2.20. The molecule has 17 heavy (non-hydrogen) atoms. The lowest BCUT2D eigenvalue weighted by Gasteiger charge is -2.06. The number of ether oxygens (including phenoxy) is 1. The van der Waals surface area contributed by atoms with Crippen molar-refractivity contribution in [3.8, 4) is 11.5 Å². The molecule has 1 N–H and O–H groups in total. The largest absolute Gasteiger partial charge is 0.456 e. The summed E-state index contributed by atoms with van der Waals surface area (Å²) < 4.78 is 5.68. The van der Waals surface area contributed by atoms with Gasteiger partial charge in [0, 0.05) is 6.54 Å². The Kier molecular flexibility index (Phi) is 3.73. The van der Waals surface area contributed by atoms with Crippen LogP contribution >= 0.6 is 0 Å². The van der Waals surface area contributed by atoms with Crippen molar-refractivity contribution in [2.45, 2.75) is 13.5 Å². The molecular weight excluding hydrogens is 212 g/mol. The van der Waals surface area contributed by atoms with Crippen molar-refractivity contribution < 1.29 is 4.74 Å². The van der Waals surface area contributed by atoms with E-state index in [2.05, 4.69) is 17.2 Å². The molecule has 0 fully saturated rings. The zero-order valence-corrected chi connectivity index (χ0v) is 10.1. The van der Waals surface area contributed by atoms with Crippen LogP contribution < -0.4 is 10.1 Å². The summed E-state index contributed by atoms with van der Waals surface area (Å²) in [5.41, 5.74) is 2.23. The lowest BCUT2D eigenvalue weighted by molar-refractivity contribution is 0.479. The third-order valence-corrected chi connectivity index (χ3v) is 2.41. The van der Waals surface area contributed by atoms with Gasteiger partial charge in [-0.15, -0.1) is 0 Å². The van der Waals surface area contributed by atoms with Crippen LogP contribution in [0.25, 0.3) is 0 Å². The third kappa shape index (κ3) is 3.29. The van der Waals surface area contributed by atoms with Crippen LogP contribution in [0.4, 0.5) is 0 Å². The Morgan fingerprint density at radius 1 is 1.06 bits per heavy atom.